The van der Waals surface area contributed by atoms with E-state index in [1.807, 2.05) is 24.3 Å². The third-order valence-electron chi connectivity index (χ3n) is 3.60. The number of hydrogen-bond donors (Lipinski definition) is 0. The lowest BCUT2D eigenvalue weighted by Gasteiger charge is -2.20. The maximum absolute atomic E-state index is 12.0. The van der Waals surface area contributed by atoms with Gasteiger partial charge < -0.3 is 9.30 Å². The Morgan fingerprint density at radius 1 is 1.32 bits per heavy atom. The summed E-state index contributed by atoms with van der Waals surface area (Å²) in [6.45, 7) is 0. The van der Waals surface area contributed by atoms with Gasteiger partial charge in [0.15, 0.2) is 0 Å². The molecular weight excluding hydrogens is 238 g/mol. The molecule has 0 aliphatic heterocycles. The smallest absolute Gasteiger partial charge is 0.254 e. The minimum Gasteiger partial charge on any atom is -0.485 e. The SMILES string of the molecule is Cn1c(=O)cc(OC2C=CCCC2)c2ccccc21. The zero-order valence-electron chi connectivity index (χ0n) is 11.0. The van der Waals surface area contributed by atoms with Crippen molar-refractivity contribution in [1.82, 2.24) is 4.57 Å². The summed E-state index contributed by atoms with van der Waals surface area (Å²) in [7, 11) is 1.79. The fourth-order valence-corrected chi connectivity index (χ4v) is 2.52. The molecule has 0 N–H and O–H groups in total. The molecule has 1 unspecified atom stereocenters. The topological polar surface area (TPSA) is 31.2 Å². The molecule has 0 fully saturated rings. The minimum absolute atomic E-state index is 0.0338. The number of para-hydroxylation sites is 1. The van der Waals surface area contributed by atoms with E-state index in [1.54, 1.807) is 17.7 Å². The molecule has 0 bridgehead atoms. The number of allylic oxidation sites excluding steroid dienone is 1. The molecule has 98 valence electrons. The first kappa shape index (κ1) is 12.0. The Labute approximate surface area is 112 Å². The summed E-state index contributed by atoms with van der Waals surface area (Å²) in [4.78, 5) is 12.0. The number of ether oxygens (including phenoxy) is 1. The molecule has 2 aromatic rings. The largest absolute Gasteiger partial charge is 0.485 e. The summed E-state index contributed by atoms with van der Waals surface area (Å²) in [6.07, 6.45) is 7.61. The monoisotopic (exact) mass is 255 g/mol. The average Bonchev–Trinajstić information content (AvgIpc) is 2.46. The third kappa shape index (κ3) is 2.28. The number of benzene rings is 1. The third-order valence-corrected chi connectivity index (χ3v) is 3.60. The highest BCUT2D eigenvalue weighted by Gasteiger charge is 2.13. The van der Waals surface area contributed by atoms with Gasteiger partial charge in [-0.3, -0.25) is 4.79 Å². The highest BCUT2D eigenvalue weighted by molar-refractivity contribution is 5.85. The number of fused-ring (bicyclic) bond motifs is 1. The molecular formula is C16H17NO2. The van der Waals surface area contributed by atoms with Crippen LogP contribution < -0.4 is 10.3 Å². The molecule has 1 aliphatic rings. The van der Waals surface area contributed by atoms with E-state index in [4.69, 9.17) is 4.74 Å². The first-order chi connectivity index (χ1) is 9.25. The van der Waals surface area contributed by atoms with Crippen LogP contribution in [0, 0.1) is 0 Å². The van der Waals surface area contributed by atoms with E-state index in [-0.39, 0.29) is 11.7 Å². The van der Waals surface area contributed by atoms with Gasteiger partial charge in [-0.2, -0.15) is 0 Å². The molecule has 0 saturated heterocycles. The van der Waals surface area contributed by atoms with Gasteiger partial charge in [0.05, 0.1) is 5.52 Å². The van der Waals surface area contributed by atoms with E-state index < -0.39 is 0 Å². The molecule has 3 nitrogen and oxygen atoms in total. The normalized spacial score (nSPS) is 18.7. The number of nitrogens with zero attached hydrogens (tertiary/aromatic N) is 1. The van der Waals surface area contributed by atoms with Gasteiger partial charge in [0.2, 0.25) is 0 Å². The Kier molecular flexibility index (Phi) is 3.11. The van der Waals surface area contributed by atoms with E-state index in [1.165, 1.54) is 0 Å². The molecule has 0 spiro atoms. The molecule has 1 aromatic carbocycles. The summed E-state index contributed by atoms with van der Waals surface area (Å²) < 4.78 is 7.66. The van der Waals surface area contributed by atoms with Crippen molar-refractivity contribution < 1.29 is 4.74 Å². The van der Waals surface area contributed by atoms with Gasteiger partial charge >= 0.3 is 0 Å². The number of hydrogen-bond acceptors (Lipinski definition) is 2. The molecule has 1 atom stereocenters. The van der Waals surface area contributed by atoms with Crippen molar-refractivity contribution in [1.29, 1.82) is 0 Å². The van der Waals surface area contributed by atoms with Crippen LogP contribution in [0.2, 0.25) is 0 Å². The van der Waals surface area contributed by atoms with Crippen LogP contribution in [0.25, 0.3) is 10.9 Å². The maximum atomic E-state index is 12.0. The van der Waals surface area contributed by atoms with Crippen molar-refractivity contribution in [3.63, 3.8) is 0 Å². The van der Waals surface area contributed by atoms with Gasteiger partial charge in [-0.25, -0.2) is 0 Å². The second-order valence-corrected chi connectivity index (χ2v) is 4.94. The lowest BCUT2D eigenvalue weighted by molar-refractivity contribution is 0.232. The summed E-state index contributed by atoms with van der Waals surface area (Å²) in [5.41, 5.74) is 0.873. The zero-order valence-corrected chi connectivity index (χ0v) is 11.0. The van der Waals surface area contributed by atoms with Crippen LogP contribution in [0.15, 0.2) is 47.3 Å². The van der Waals surface area contributed by atoms with Gasteiger partial charge in [-0.1, -0.05) is 18.2 Å². The van der Waals surface area contributed by atoms with Crippen molar-refractivity contribution in [2.24, 2.45) is 7.05 Å². The minimum atomic E-state index is -0.0338. The fourth-order valence-electron chi connectivity index (χ4n) is 2.52. The van der Waals surface area contributed by atoms with Crippen molar-refractivity contribution in [2.45, 2.75) is 25.4 Å². The standard InChI is InChI=1S/C16H17NO2/c1-17-14-10-6-5-9-13(14)15(11-16(17)18)19-12-7-3-2-4-8-12/h3,5-7,9-12H,2,4,8H2,1H3. The summed E-state index contributed by atoms with van der Waals surface area (Å²) in [5, 5.41) is 0.989. The molecule has 0 saturated carbocycles. The molecule has 3 rings (SSSR count). The Morgan fingerprint density at radius 3 is 2.95 bits per heavy atom. The molecule has 1 aromatic heterocycles. The van der Waals surface area contributed by atoms with Crippen LogP contribution in [0.4, 0.5) is 0 Å². The predicted octanol–water partition coefficient (Wildman–Crippen LogP) is 3.03. The Bertz CT molecular complexity index is 685. The van der Waals surface area contributed by atoms with Crippen LogP contribution in [0.5, 0.6) is 5.75 Å². The van der Waals surface area contributed by atoms with Crippen LogP contribution in [0.1, 0.15) is 19.3 Å². The number of pyridine rings is 1. The Morgan fingerprint density at radius 2 is 2.16 bits per heavy atom. The second-order valence-electron chi connectivity index (χ2n) is 4.94. The zero-order chi connectivity index (χ0) is 13.2. The lowest BCUT2D eigenvalue weighted by Crippen LogP contribution is -2.20. The number of rotatable bonds is 2. The average molecular weight is 255 g/mol. The van der Waals surface area contributed by atoms with E-state index in [9.17, 15) is 4.79 Å². The first-order valence-corrected chi connectivity index (χ1v) is 6.68. The molecule has 0 radical (unpaired) electrons. The molecule has 3 heteroatoms. The van der Waals surface area contributed by atoms with Gasteiger partial charge in [0.1, 0.15) is 11.9 Å². The van der Waals surface area contributed by atoms with E-state index in [2.05, 4.69) is 12.2 Å². The van der Waals surface area contributed by atoms with Gasteiger partial charge in [0, 0.05) is 18.5 Å². The summed E-state index contributed by atoms with van der Waals surface area (Å²) in [5.74, 6) is 0.690. The Balaban J connectivity index is 2.08. The second kappa shape index (κ2) is 4.92. The van der Waals surface area contributed by atoms with Gasteiger partial charge in [-0.05, 0) is 37.5 Å². The van der Waals surface area contributed by atoms with E-state index in [0.717, 1.165) is 30.2 Å². The van der Waals surface area contributed by atoms with Gasteiger partial charge in [-0.15, -0.1) is 0 Å². The van der Waals surface area contributed by atoms with Crippen LogP contribution >= 0.6 is 0 Å². The van der Waals surface area contributed by atoms with E-state index in [0.29, 0.717) is 5.75 Å². The molecule has 0 amide bonds. The van der Waals surface area contributed by atoms with E-state index >= 15 is 0 Å². The maximum Gasteiger partial charge on any atom is 0.254 e. The summed E-state index contributed by atoms with van der Waals surface area (Å²) >= 11 is 0. The first-order valence-electron chi connectivity index (χ1n) is 6.68. The predicted molar refractivity (Wildman–Crippen MR) is 76.6 cm³/mol. The lowest BCUT2D eigenvalue weighted by atomic mass is 10.1. The van der Waals surface area contributed by atoms with Crippen molar-refractivity contribution >= 4 is 10.9 Å². The molecule has 19 heavy (non-hydrogen) atoms. The number of aryl methyl sites for hydroxylation is 1. The highest BCUT2D eigenvalue weighted by Crippen LogP contribution is 2.26. The Hall–Kier alpha value is -2.03. The van der Waals surface area contributed by atoms with Crippen molar-refractivity contribution in [3.05, 3.63) is 52.8 Å². The van der Waals surface area contributed by atoms with Crippen molar-refractivity contribution in [2.75, 3.05) is 0 Å². The summed E-state index contributed by atoms with van der Waals surface area (Å²) in [6, 6.07) is 9.43. The molecule has 1 heterocycles. The molecule has 1 aliphatic carbocycles. The van der Waals surface area contributed by atoms with Crippen molar-refractivity contribution in [3.8, 4) is 5.75 Å². The highest BCUT2D eigenvalue weighted by atomic mass is 16.5. The van der Waals surface area contributed by atoms with Crippen LogP contribution in [-0.2, 0) is 7.05 Å². The quantitative estimate of drug-likeness (QED) is 0.772. The van der Waals surface area contributed by atoms with Gasteiger partial charge in [0.25, 0.3) is 5.56 Å². The van der Waals surface area contributed by atoms with Crippen LogP contribution in [0.3, 0.4) is 0 Å². The van der Waals surface area contributed by atoms with Crippen LogP contribution in [-0.4, -0.2) is 10.7 Å². The fraction of sp³-hybridized carbons (Fsp3) is 0.312. The number of aromatic nitrogens is 1.